The minimum absolute atomic E-state index is 0.0751. The van der Waals surface area contributed by atoms with E-state index in [9.17, 15) is 19.8 Å². The van der Waals surface area contributed by atoms with Gasteiger partial charge in [-0.05, 0) is 24.1 Å². The van der Waals surface area contributed by atoms with Gasteiger partial charge >= 0.3 is 12.1 Å². The van der Waals surface area contributed by atoms with Gasteiger partial charge in [0.25, 0.3) is 0 Å². The highest BCUT2D eigenvalue weighted by Gasteiger charge is 2.21. The zero-order valence-corrected chi connectivity index (χ0v) is 14.9. The summed E-state index contributed by atoms with van der Waals surface area (Å²) in [4.78, 5) is 27.1. The Balaban J connectivity index is 1.77. The van der Waals surface area contributed by atoms with Crippen LogP contribution in [0.3, 0.4) is 0 Å². The summed E-state index contributed by atoms with van der Waals surface area (Å²) in [6.07, 6.45) is -1.69. The smallest absolute Gasteiger partial charge is 0.407 e. The molecule has 0 radical (unpaired) electrons. The number of benzene rings is 1. The number of rotatable bonds is 8. The molecule has 1 amide bonds. The van der Waals surface area contributed by atoms with Crippen LogP contribution in [0.15, 0.2) is 48.7 Å². The van der Waals surface area contributed by atoms with E-state index in [2.05, 4.69) is 15.0 Å². The third-order valence-electron chi connectivity index (χ3n) is 3.79. The average Bonchev–Trinajstić information content (AvgIpc) is 2.71. The minimum atomic E-state index is -1.31. The van der Waals surface area contributed by atoms with Crippen molar-refractivity contribution in [1.82, 2.24) is 10.3 Å². The van der Waals surface area contributed by atoms with Crippen LogP contribution >= 0.6 is 0 Å². The van der Waals surface area contributed by atoms with Crippen molar-refractivity contribution in [3.8, 4) is 0 Å². The molecule has 0 spiro atoms. The van der Waals surface area contributed by atoms with Crippen molar-refractivity contribution in [2.45, 2.75) is 25.2 Å². The highest BCUT2D eigenvalue weighted by Crippen LogP contribution is 2.18. The lowest BCUT2D eigenvalue weighted by molar-refractivity contribution is 0.0110. The number of nitrogens with one attached hydrogen (secondary N) is 1. The molecule has 0 aliphatic heterocycles. The summed E-state index contributed by atoms with van der Waals surface area (Å²) in [6, 6.07) is 12.0. The van der Waals surface area contributed by atoms with Crippen LogP contribution in [0.25, 0.3) is 0 Å². The molecule has 0 fully saturated rings. The number of aromatic nitrogens is 1. The van der Waals surface area contributed by atoms with Crippen LogP contribution in [-0.2, 0) is 16.1 Å². The molecule has 0 aliphatic rings. The lowest BCUT2D eigenvalue weighted by Crippen LogP contribution is -2.30. The third kappa shape index (κ3) is 6.36. The van der Waals surface area contributed by atoms with Crippen molar-refractivity contribution in [1.29, 1.82) is 0 Å². The quantitative estimate of drug-likeness (QED) is 0.600. The van der Waals surface area contributed by atoms with E-state index >= 15 is 0 Å². The Kier molecular flexibility index (Phi) is 7.72. The lowest BCUT2D eigenvalue weighted by Gasteiger charge is -2.18. The molecule has 3 N–H and O–H groups in total. The zero-order valence-electron chi connectivity index (χ0n) is 14.9. The van der Waals surface area contributed by atoms with E-state index in [1.54, 1.807) is 0 Å². The zero-order chi connectivity index (χ0) is 19.6. The molecule has 8 nitrogen and oxygen atoms in total. The lowest BCUT2D eigenvalue weighted by atomic mass is 10.1. The number of carbonyl (C=O) groups is 2. The van der Waals surface area contributed by atoms with Crippen LogP contribution in [0.5, 0.6) is 0 Å². The van der Waals surface area contributed by atoms with E-state index in [-0.39, 0.29) is 30.8 Å². The molecule has 144 valence electrons. The molecular weight excluding hydrogens is 352 g/mol. The van der Waals surface area contributed by atoms with Crippen LogP contribution in [0, 0.1) is 0 Å². The number of aliphatic hydroxyl groups is 2. The highest BCUT2D eigenvalue weighted by molar-refractivity contribution is 5.89. The number of carbonyl (C=O) groups excluding carboxylic acids is 2. The molecule has 1 aromatic carbocycles. The predicted molar refractivity (Wildman–Crippen MR) is 95.8 cm³/mol. The van der Waals surface area contributed by atoms with Crippen molar-refractivity contribution in [3.05, 3.63) is 65.5 Å². The summed E-state index contributed by atoms with van der Waals surface area (Å²) < 4.78 is 9.66. The summed E-state index contributed by atoms with van der Waals surface area (Å²) in [5.41, 5.74) is 1.22. The van der Waals surface area contributed by atoms with E-state index in [0.29, 0.717) is 0 Å². The number of hydrogen-bond acceptors (Lipinski definition) is 7. The molecule has 2 unspecified atom stereocenters. The number of hydrogen-bond donors (Lipinski definition) is 3. The van der Waals surface area contributed by atoms with Gasteiger partial charge in [-0.15, -0.1) is 0 Å². The van der Waals surface area contributed by atoms with Crippen LogP contribution in [-0.4, -0.2) is 47.0 Å². The molecule has 2 atom stereocenters. The van der Waals surface area contributed by atoms with Gasteiger partial charge in [-0.1, -0.05) is 30.3 Å². The maximum absolute atomic E-state index is 11.6. The molecule has 27 heavy (non-hydrogen) atoms. The van der Waals surface area contributed by atoms with E-state index in [4.69, 9.17) is 4.74 Å². The second-order valence-corrected chi connectivity index (χ2v) is 5.75. The molecule has 0 saturated heterocycles. The summed E-state index contributed by atoms with van der Waals surface area (Å²) in [5.74, 6) is -0.567. The Morgan fingerprint density at radius 3 is 2.63 bits per heavy atom. The number of ether oxygens (including phenoxy) is 2. The minimum Gasteiger partial charge on any atom is -0.465 e. The van der Waals surface area contributed by atoms with E-state index < -0.39 is 24.3 Å². The Morgan fingerprint density at radius 1 is 1.19 bits per heavy atom. The molecule has 0 bridgehead atoms. The standard InChI is InChI=1S/C19H22N2O6/c1-26-18(24)14-7-9-20-15(11-14)17(23)16(22)8-10-21-19(25)27-12-13-5-3-2-4-6-13/h2-7,9,11,16-17,22-23H,8,10,12H2,1H3,(H,21,25). The summed E-state index contributed by atoms with van der Waals surface area (Å²) in [5, 5.41) is 22.8. The van der Waals surface area contributed by atoms with Gasteiger partial charge in [-0.3, -0.25) is 4.98 Å². The maximum atomic E-state index is 11.6. The topological polar surface area (TPSA) is 118 Å². The van der Waals surface area contributed by atoms with E-state index in [1.165, 1.54) is 25.4 Å². The SMILES string of the molecule is COC(=O)c1ccnc(C(O)C(O)CCNC(=O)OCc2ccccc2)c1. The second kappa shape index (κ2) is 10.2. The summed E-state index contributed by atoms with van der Waals surface area (Å²) >= 11 is 0. The molecule has 0 aliphatic carbocycles. The Bertz CT molecular complexity index is 753. The first kappa shape index (κ1) is 20.3. The number of nitrogens with zero attached hydrogens (tertiary/aromatic N) is 1. The van der Waals surface area contributed by atoms with Crippen LogP contribution in [0.1, 0.15) is 34.1 Å². The summed E-state index contributed by atoms with van der Waals surface area (Å²) in [7, 11) is 1.25. The Labute approximate surface area is 156 Å². The normalized spacial score (nSPS) is 12.7. The fraction of sp³-hybridized carbons (Fsp3) is 0.316. The van der Waals surface area contributed by atoms with E-state index in [0.717, 1.165) is 5.56 Å². The van der Waals surface area contributed by atoms with Crippen molar-refractivity contribution in [2.24, 2.45) is 0 Å². The molecule has 1 heterocycles. The van der Waals surface area contributed by atoms with Crippen molar-refractivity contribution >= 4 is 12.1 Å². The van der Waals surface area contributed by atoms with Crippen LogP contribution < -0.4 is 5.32 Å². The first-order valence-corrected chi connectivity index (χ1v) is 8.36. The maximum Gasteiger partial charge on any atom is 0.407 e. The van der Waals surface area contributed by atoms with Gasteiger partial charge in [-0.2, -0.15) is 0 Å². The van der Waals surface area contributed by atoms with Crippen molar-refractivity contribution < 1.29 is 29.3 Å². The molecule has 2 aromatic rings. The van der Waals surface area contributed by atoms with Gasteiger partial charge in [0.15, 0.2) is 0 Å². The number of aliphatic hydroxyl groups excluding tert-OH is 2. The summed E-state index contributed by atoms with van der Waals surface area (Å²) in [6.45, 7) is 0.241. The average molecular weight is 374 g/mol. The van der Waals surface area contributed by atoms with Crippen LogP contribution in [0.2, 0.25) is 0 Å². The fourth-order valence-corrected chi connectivity index (χ4v) is 2.31. The second-order valence-electron chi connectivity index (χ2n) is 5.75. The number of pyridine rings is 1. The first-order chi connectivity index (χ1) is 13.0. The molecule has 1 aromatic heterocycles. The van der Waals surface area contributed by atoms with Gasteiger partial charge in [0.05, 0.1) is 24.5 Å². The fourth-order valence-electron chi connectivity index (χ4n) is 2.31. The molecular formula is C19H22N2O6. The molecule has 2 rings (SSSR count). The van der Waals surface area contributed by atoms with Gasteiger partial charge in [0.1, 0.15) is 12.7 Å². The number of esters is 1. The third-order valence-corrected chi connectivity index (χ3v) is 3.79. The predicted octanol–water partition coefficient (Wildman–Crippen LogP) is 1.58. The largest absolute Gasteiger partial charge is 0.465 e. The monoisotopic (exact) mass is 374 g/mol. The highest BCUT2D eigenvalue weighted by atomic mass is 16.5. The van der Waals surface area contributed by atoms with Gasteiger partial charge < -0.3 is 25.0 Å². The van der Waals surface area contributed by atoms with Crippen LogP contribution in [0.4, 0.5) is 4.79 Å². The molecule has 0 saturated carbocycles. The van der Waals surface area contributed by atoms with Crippen molar-refractivity contribution in [2.75, 3.05) is 13.7 Å². The van der Waals surface area contributed by atoms with E-state index in [1.807, 2.05) is 30.3 Å². The Hall–Kier alpha value is -2.97. The van der Waals surface area contributed by atoms with Gasteiger partial charge in [-0.25, -0.2) is 9.59 Å². The van der Waals surface area contributed by atoms with Crippen molar-refractivity contribution in [3.63, 3.8) is 0 Å². The number of methoxy groups -OCH3 is 1. The number of alkyl carbamates (subject to hydrolysis) is 1. The van der Waals surface area contributed by atoms with Gasteiger partial charge in [0, 0.05) is 12.7 Å². The Morgan fingerprint density at radius 2 is 1.93 bits per heavy atom. The van der Waals surface area contributed by atoms with Gasteiger partial charge in [0.2, 0.25) is 0 Å². The first-order valence-electron chi connectivity index (χ1n) is 8.36. The number of amides is 1. The molecule has 8 heteroatoms.